The standard InChI is InChI=1S/C25H36N7O5P.CH4/c1-3-5-14-36-24(33)20(4-2)31-38(34,37-19-9-7-6-8-10-19)17-35-15-13-32-16-27-21-22(28-18-11-12-18)29-25(26)30-23(21)32;/h6-10,16,18,20H,3-5,11-15,17H2,1-2H3,(H,31,34)(H3,26,28,29,30);1H4. The fraction of sp³-hybridized carbons (Fsp3) is 0.538. The third kappa shape index (κ3) is 8.64. The molecule has 13 heteroatoms. The lowest BCUT2D eigenvalue weighted by Gasteiger charge is -2.24. The predicted octanol–water partition coefficient (Wildman–Crippen LogP) is 4.58. The number of carbonyl (C=O) groups excluding carboxylic acids is 1. The van der Waals surface area contributed by atoms with Crippen LogP contribution in [0.3, 0.4) is 0 Å². The van der Waals surface area contributed by atoms with E-state index in [1.54, 1.807) is 30.6 Å². The second-order valence-electron chi connectivity index (χ2n) is 9.19. The van der Waals surface area contributed by atoms with Crippen LogP contribution >= 0.6 is 7.52 Å². The van der Waals surface area contributed by atoms with Gasteiger partial charge in [-0.2, -0.15) is 9.97 Å². The van der Waals surface area contributed by atoms with Crippen LogP contribution in [-0.2, 0) is 25.4 Å². The third-order valence-electron chi connectivity index (χ3n) is 5.92. The first kappa shape index (κ1) is 30.3. The van der Waals surface area contributed by atoms with E-state index in [1.807, 2.05) is 24.5 Å². The van der Waals surface area contributed by atoms with Crippen LogP contribution in [0.25, 0.3) is 11.2 Å². The van der Waals surface area contributed by atoms with Gasteiger partial charge in [0.1, 0.15) is 18.1 Å². The Hall–Kier alpha value is -3.21. The van der Waals surface area contributed by atoms with Crippen molar-refractivity contribution in [2.45, 2.75) is 72.0 Å². The summed E-state index contributed by atoms with van der Waals surface area (Å²) in [6, 6.07) is 8.39. The number of rotatable bonds is 16. The van der Waals surface area contributed by atoms with Crippen LogP contribution in [0.1, 0.15) is 53.4 Å². The van der Waals surface area contributed by atoms with Gasteiger partial charge in [0.25, 0.3) is 0 Å². The molecule has 1 fully saturated rings. The summed E-state index contributed by atoms with van der Waals surface area (Å²) in [7, 11) is -3.64. The van der Waals surface area contributed by atoms with E-state index in [2.05, 4.69) is 25.4 Å². The number of hydrogen-bond donors (Lipinski definition) is 3. The zero-order valence-electron chi connectivity index (χ0n) is 21.8. The molecule has 2 atom stereocenters. The van der Waals surface area contributed by atoms with Crippen LogP contribution < -0.4 is 20.7 Å². The van der Waals surface area contributed by atoms with Crippen molar-refractivity contribution in [3.8, 4) is 5.75 Å². The molecule has 0 saturated heterocycles. The molecule has 4 rings (SSSR count). The van der Waals surface area contributed by atoms with Crippen molar-refractivity contribution in [1.82, 2.24) is 24.6 Å². The van der Waals surface area contributed by atoms with Crippen molar-refractivity contribution in [3.05, 3.63) is 36.7 Å². The molecule has 2 heterocycles. The molecule has 0 radical (unpaired) electrons. The number of fused-ring (bicyclic) bond motifs is 1. The van der Waals surface area contributed by atoms with Crippen LogP contribution in [0.2, 0.25) is 0 Å². The second-order valence-corrected chi connectivity index (χ2v) is 11.2. The van der Waals surface area contributed by atoms with E-state index >= 15 is 0 Å². The minimum absolute atomic E-state index is 0. The van der Waals surface area contributed by atoms with E-state index in [4.69, 9.17) is 19.7 Å². The first-order valence-corrected chi connectivity index (χ1v) is 14.8. The molecule has 39 heavy (non-hydrogen) atoms. The van der Waals surface area contributed by atoms with Gasteiger partial charge >= 0.3 is 13.5 Å². The molecule has 0 amide bonds. The molecule has 0 bridgehead atoms. The van der Waals surface area contributed by atoms with Gasteiger partial charge in [-0.1, -0.05) is 45.9 Å². The highest BCUT2D eigenvalue weighted by atomic mass is 31.2. The van der Waals surface area contributed by atoms with E-state index in [0.29, 0.717) is 48.3 Å². The Balaban J connectivity index is 0.00000420. The van der Waals surface area contributed by atoms with E-state index in [1.165, 1.54) is 0 Å². The molecule has 4 N–H and O–H groups in total. The highest BCUT2D eigenvalue weighted by molar-refractivity contribution is 7.57. The van der Waals surface area contributed by atoms with Crippen molar-refractivity contribution in [3.63, 3.8) is 0 Å². The van der Waals surface area contributed by atoms with Crippen LogP contribution in [0.15, 0.2) is 36.7 Å². The number of nitrogens with two attached hydrogens (primary N) is 1. The number of nitrogens with one attached hydrogen (secondary N) is 2. The Labute approximate surface area is 229 Å². The number of anilines is 2. The predicted molar refractivity (Wildman–Crippen MR) is 152 cm³/mol. The smallest absolute Gasteiger partial charge is 0.342 e. The quantitative estimate of drug-likeness (QED) is 0.128. The van der Waals surface area contributed by atoms with Crippen molar-refractivity contribution >= 4 is 36.4 Å². The summed E-state index contributed by atoms with van der Waals surface area (Å²) in [4.78, 5) is 25.6. The van der Waals surface area contributed by atoms with Gasteiger partial charge in [0.05, 0.1) is 19.5 Å². The van der Waals surface area contributed by atoms with Crippen molar-refractivity contribution in [1.29, 1.82) is 0 Å². The van der Waals surface area contributed by atoms with Gasteiger partial charge in [-0.3, -0.25) is 9.36 Å². The molecule has 1 saturated carbocycles. The molecule has 1 aliphatic carbocycles. The highest BCUT2D eigenvalue weighted by Crippen LogP contribution is 2.44. The molecular formula is C26H40N7O5P. The molecule has 0 spiro atoms. The van der Waals surface area contributed by atoms with Gasteiger partial charge in [-0.15, -0.1) is 0 Å². The van der Waals surface area contributed by atoms with Gasteiger partial charge in [0.2, 0.25) is 5.95 Å². The lowest BCUT2D eigenvalue weighted by molar-refractivity contribution is -0.145. The molecule has 12 nitrogen and oxygen atoms in total. The van der Waals surface area contributed by atoms with E-state index < -0.39 is 19.5 Å². The number of aromatic nitrogens is 4. The topological polar surface area (TPSA) is 156 Å². The SMILES string of the molecule is C.CCCCOC(=O)C(CC)NP(=O)(COCCn1cnc2c(NC3CC3)nc(N)nc21)Oc1ccccc1. The zero-order chi connectivity index (χ0) is 27.0. The van der Waals surface area contributed by atoms with E-state index in [0.717, 1.165) is 25.7 Å². The number of ether oxygens (including phenoxy) is 2. The van der Waals surface area contributed by atoms with Crippen molar-refractivity contribution in [2.24, 2.45) is 0 Å². The van der Waals surface area contributed by atoms with Gasteiger partial charge in [0.15, 0.2) is 17.0 Å². The number of carbonyl (C=O) groups is 1. The highest BCUT2D eigenvalue weighted by Gasteiger charge is 2.32. The van der Waals surface area contributed by atoms with E-state index in [9.17, 15) is 9.36 Å². The number of nitrogens with zero attached hydrogens (tertiary/aromatic N) is 4. The molecule has 3 aromatic rings. The largest absolute Gasteiger partial charge is 0.465 e. The third-order valence-corrected chi connectivity index (χ3v) is 7.65. The molecule has 0 aliphatic heterocycles. The Morgan fingerprint density at radius 2 is 1.97 bits per heavy atom. The van der Waals surface area contributed by atoms with Gasteiger partial charge in [0, 0.05) is 12.6 Å². The van der Waals surface area contributed by atoms with Gasteiger partial charge in [-0.25, -0.2) is 10.1 Å². The first-order valence-electron chi connectivity index (χ1n) is 13.0. The summed E-state index contributed by atoms with van der Waals surface area (Å²) in [5.74, 6) is 0.723. The molecule has 2 unspecified atom stereocenters. The summed E-state index contributed by atoms with van der Waals surface area (Å²) in [5, 5.41) is 6.22. The molecular weight excluding hydrogens is 521 g/mol. The minimum atomic E-state index is -3.64. The average molecular weight is 562 g/mol. The number of esters is 1. The lowest BCUT2D eigenvalue weighted by Crippen LogP contribution is -2.37. The van der Waals surface area contributed by atoms with Crippen LogP contribution in [0, 0.1) is 0 Å². The first-order chi connectivity index (χ1) is 18.4. The fourth-order valence-corrected chi connectivity index (χ4v) is 5.48. The van der Waals surface area contributed by atoms with Crippen LogP contribution in [0.5, 0.6) is 5.75 Å². The number of nitrogen functional groups attached to an aromatic ring is 1. The van der Waals surface area contributed by atoms with Crippen molar-refractivity contribution in [2.75, 3.05) is 30.6 Å². The number of unbranched alkanes of at least 4 members (excludes halogenated alkanes) is 1. The Morgan fingerprint density at radius 3 is 2.67 bits per heavy atom. The summed E-state index contributed by atoms with van der Waals surface area (Å²) in [5.41, 5.74) is 7.15. The lowest BCUT2D eigenvalue weighted by atomic mass is 10.2. The summed E-state index contributed by atoms with van der Waals surface area (Å²) < 4.78 is 32.6. The van der Waals surface area contributed by atoms with Gasteiger partial charge < -0.3 is 29.6 Å². The zero-order valence-corrected chi connectivity index (χ0v) is 22.7. The maximum atomic E-state index is 13.8. The molecule has 2 aromatic heterocycles. The normalized spacial score (nSPS) is 15.2. The Kier molecular flexibility index (Phi) is 11.1. The van der Waals surface area contributed by atoms with Crippen LogP contribution in [-0.4, -0.2) is 57.1 Å². The second kappa shape index (κ2) is 14.3. The monoisotopic (exact) mass is 561 g/mol. The van der Waals surface area contributed by atoms with E-state index in [-0.39, 0.29) is 26.3 Å². The molecule has 1 aromatic carbocycles. The number of benzene rings is 1. The number of para-hydroxylation sites is 1. The fourth-order valence-electron chi connectivity index (χ4n) is 3.70. The summed E-state index contributed by atoms with van der Waals surface area (Å²) >= 11 is 0. The van der Waals surface area contributed by atoms with Crippen LogP contribution in [0.4, 0.5) is 11.8 Å². The minimum Gasteiger partial charge on any atom is -0.465 e. The maximum Gasteiger partial charge on any atom is 0.342 e. The molecule has 1 aliphatic rings. The average Bonchev–Trinajstić information content (AvgIpc) is 3.63. The maximum absolute atomic E-state index is 13.8. The Morgan fingerprint density at radius 1 is 1.21 bits per heavy atom. The molecule has 214 valence electrons. The van der Waals surface area contributed by atoms with Crippen molar-refractivity contribution < 1.29 is 23.4 Å². The summed E-state index contributed by atoms with van der Waals surface area (Å²) in [6.45, 7) is 4.73. The number of hydrogen-bond acceptors (Lipinski definition) is 10. The Bertz CT molecular complexity index is 1250. The summed E-state index contributed by atoms with van der Waals surface area (Å²) in [6.07, 6.45) is 5.64. The van der Waals surface area contributed by atoms with Gasteiger partial charge in [-0.05, 0) is 37.8 Å². The number of imidazole rings is 1.